The second-order valence-electron chi connectivity index (χ2n) is 6.67. The molecule has 3 rings (SSSR count). The summed E-state index contributed by atoms with van der Waals surface area (Å²) >= 11 is 0. The molecule has 1 N–H and O–H groups in total. The molecule has 1 atom stereocenters. The molecule has 28 heavy (non-hydrogen) atoms. The van der Waals surface area contributed by atoms with E-state index < -0.39 is 18.0 Å². The number of nitrogens with one attached hydrogen (secondary N) is 1. The molecule has 0 bridgehead atoms. The number of benzene rings is 2. The third-order valence-corrected chi connectivity index (χ3v) is 4.20. The largest absolute Gasteiger partial charge is 0.482 e. The van der Waals surface area contributed by atoms with Gasteiger partial charge in [-0.3, -0.25) is 4.79 Å². The molecule has 2 aromatic carbocycles. The van der Waals surface area contributed by atoms with E-state index in [1.165, 1.54) is 6.92 Å². The molecule has 1 heterocycles. The topological polar surface area (TPSA) is 83.1 Å². The van der Waals surface area contributed by atoms with Crippen molar-refractivity contribution in [2.45, 2.75) is 32.8 Å². The zero-order valence-electron chi connectivity index (χ0n) is 16.1. The maximum absolute atomic E-state index is 12.3. The Labute approximate surface area is 163 Å². The van der Waals surface area contributed by atoms with Crippen LogP contribution in [0.25, 0.3) is 0 Å². The molecule has 0 aromatic heterocycles. The molecule has 2 aromatic rings. The van der Waals surface area contributed by atoms with E-state index in [4.69, 9.17) is 18.9 Å². The van der Waals surface area contributed by atoms with Gasteiger partial charge in [-0.25, -0.2) is 4.79 Å². The fraction of sp³-hybridized carbons (Fsp3) is 0.333. The summed E-state index contributed by atoms with van der Waals surface area (Å²) < 4.78 is 21.2. The molecule has 0 unspecified atom stereocenters. The number of carbonyl (C=O) groups is 2. The molecule has 7 heteroatoms. The van der Waals surface area contributed by atoms with Crippen molar-refractivity contribution in [3.8, 4) is 17.2 Å². The SMILES string of the molecule is CC(C)c1ccccc1OCC(=O)O[C@H](C)C(=O)Nc1ccc2c(c1)OCO2. The van der Waals surface area contributed by atoms with E-state index in [-0.39, 0.29) is 19.3 Å². The summed E-state index contributed by atoms with van der Waals surface area (Å²) in [5.41, 5.74) is 1.53. The highest BCUT2D eigenvalue weighted by Gasteiger charge is 2.20. The summed E-state index contributed by atoms with van der Waals surface area (Å²) in [6, 6.07) is 12.6. The van der Waals surface area contributed by atoms with Crippen molar-refractivity contribution < 1.29 is 28.5 Å². The van der Waals surface area contributed by atoms with Gasteiger partial charge >= 0.3 is 5.97 Å². The lowest BCUT2D eigenvalue weighted by Crippen LogP contribution is -2.31. The first-order chi connectivity index (χ1) is 13.4. The van der Waals surface area contributed by atoms with Gasteiger partial charge in [0.05, 0.1) is 0 Å². The van der Waals surface area contributed by atoms with Crippen LogP contribution in [-0.2, 0) is 14.3 Å². The number of anilines is 1. The number of esters is 1. The molecule has 148 valence electrons. The first-order valence-electron chi connectivity index (χ1n) is 9.05. The third kappa shape index (κ3) is 4.73. The molecular formula is C21H23NO6. The minimum atomic E-state index is -0.970. The van der Waals surface area contributed by atoms with Gasteiger partial charge < -0.3 is 24.3 Å². The van der Waals surface area contributed by atoms with Gasteiger partial charge in [0.2, 0.25) is 6.79 Å². The van der Waals surface area contributed by atoms with Crippen LogP contribution < -0.4 is 19.5 Å². The average molecular weight is 385 g/mol. The Hall–Kier alpha value is -3.22. The minimum absolute atomic E-state index is 0.153. The first kappa shape index (κ1) is 19.5. The van der Waals surface area contributed by atoms with Crippen LogP contribution in [0.5, 0.6) is 17.2 Å². The van der Waals surface area contributed by atoms with E-state index in [2.05, 4.69) is 5.32 Å². The fourth-order valence-electron chi connectivity index (χ4n) is 2.73. The predicted molar refractivity (Wildman–Crippen MR) is 103 cm³/mol. The number of ether oxygens (including phenoxy) is 4. The molecule has 0 aliphatic carbocycles. The van der Waals surface area contributed by atoms with Crippen molar-refractivity contribution in [2.24, 2.45) is 0 Å². The van der Waals surface area contributed by atoms with Crippen LogP contribution in [0.2, 0.25) is 0 Å². The van der Waals surface area contributed by atoms with Gasteiger partial charge in [-0.1, -0.05) is 32.0 Å². The zero-order valence-corrected chi connectivity index (χ0v) is 16.1. The maximum Gasteiger partial charge on any atom is 0.344 e. The minimum Gasteiger partial charge on any atom is -0.482 e. The molecule has 1 aliphatic rings. The average Bonchev–Trinajstić information content (AvgIpc) is 3.14. The van der Waals surface area contributed by atoms with Crippen molar-refractivity contribution in [3.63, 3.8) is 0 Å². The van der Waals surface area contributed by atoms with Crippen LogP contribution in [0, 0.1) is 0 Å². The van der Waals surface area contributed by atoms with Gasteiger partial charge in [-0.2, -0.15) is 0 Å². The van der Waals surface area contributed by atoms with Gasteiger partial charge in [0.25, 0.3) is 5.91 Å². The molecule has 1 amide bonds. The number of hydrogen-bond donors (Lipinski definition) is 1. The molecule has 1 aliphatic heterocycles. The Morgan fingerprint density at radius 1 is 1.07 bits per heavy atom. The zero-order chi connectivity index (χ0) is 20.1. The Morgan fingerprint density at radius 3 is 2.61 bits per heavy atom. The van der Waals surface area contributed by atoms with E-state index in [0.717, 1.165) is 5.56 Å². The smallest absolute Gasteiger partial charge is 0.344 e. The Bertz CT molecular complexity index is 864. The van der Waals surface area contributed by atoms with Gasteiger partial charge in [-0.05, 0) is 36.6 Å². The Balaban J connectivity index is 1.50. The summed E-state index contributed by atoms with van der Waals surface area (Å²) in [4.78, 5) is 24.3. The molecule has 7 nitrogen and oxygen atoms in total. The van der Waals surface area contributed by atoms with Crippen molar-refractivity contribution in [2.75, 3.05) is 18.7 Å². The van der Waals surface area contributed by atoms with E-state index in [0.29, 0.717) is 22.9 Å². The van der Waals surface area contributed by atoms with Gasteiger partial charge in [0, 0.05) is 11.8 Å². The monoisotopic (exact) mass is 385 g/mol. The van der Waals surface area contributed by atoms with Gasteiger partial charge in [-0.15, -0.1) is 0 Å². The van der Waals surface area contributed by atoms with Crippen LogP contribution in [0.4, 0.5) is 5.69 Å². The summed E-state index contributed by atoms with van der Waals surface area (Å²) in [6.45, 7) is 5.47. The molecule has 0 saturated heterocycles. The highest BCUT2D eigenvalue weighted by atomic mass is 16.7. The number of hydrogen-bond acceptors (Lipinski definition) is 6. The highest BCUT2D eigenvalue weighted by molar-refractivity contribution is 5.95. The predicted octanol–water partition coefficient (Wildman–Crippen LogP) is 3.49. The number of rotatable bonds is 7. The van der Waals surface area contributed by atoms with E-state index in [9.17, 15) is 9.59 Å². The lowest BCUT2D eigenvalue weighted by Gasteiger charge is -2.16. The second kappa shape index (κ2) is 8.65. The Morgan fingerprint density at radius 2 is 1.82 bits per heavy atom. The van der Waals surface area contributed by atoms with Gasteiger partial charge in [0.15, 0.2) is 24.2 Å². The van der Waals surface area contributed by atoms with E-state index in [1.807, 2.05) is 32.0 Å². The van der Waals surface area contributed by atoms with Crippen LogP contribution >= 0.6 is 0 Å². The molecule has 0 radical (unpaired) electrons. The number of carbonyl (C=O) groups excluding carboxylic acids is 2. The number of para-hydroxylation sites is 1. The molecular weight excluding hydrogens is 362 g/mol. The standard InChI is InChI=1S/C21H23NO6/c1-13(2)16-6-4-5-7-17(16)25-11-20(23)28-14(3)21(24)22-15-8-9-18-19(10-15)27-12-26-18/h4-10,13-14H,11-12H2,1-3H3,(H,22,24)/t14-/m1/s1. The van der Waals surface area contributed by atoms with Crippen molar-refractivity contribution >= 4 is 17.6 Å². The summed E-state index contributed by atoms with van der Waals surface area (Å²) in [6.07, 6.45) is -0.970. The lowest BCUT2D eigenvalue weighted by atomic mass is 10.0. The normalized spacial score (nSPS) is 13.1. The van der Waals surface area contributed by atoms with Gasteiger partial charge in [0.1, 0.15) is 5.75 Å². The first-order valence-corrected chi connectivity index (χ1v) is 9.05. The molecule has 0 saturated carbocycles. The lowest BCUT2D eigenvalue weighted by molar-refractivity contribution is -0.155. The van der Waals surface area contributed by atoms with E-state index >= 15 is 0 Å². The Kier molecular flexibility index (Phi) is 6.03. The van der Waals surface area contributed by atoms with Crippen molar-refractivity contribution in [1.29, 1.82) is 0 Å². The number of amides is 1. The molecule has 0 spiro atoms. The molecule has 0 fully saturated rings. The summed E-state index contributed by atoms with van der Waals surface area (Å²) in [5, 5.41) is 2.68. The second-order valence-corrected chi connectivity index (χ2v) is 6.67. The summed E-state index contributed by atoms with van der Waals surface area (Å²) in [7, 11) is 0. The quantitative estimate of drug-likeness (QED) is 0.735. The van der Waals surface area contributed by atoms with Crippen LogP contribution in [0.3, 0.4) is 0 Å². The van der Waals surface area contributed by atoms with Crippen LogP contribution in [0.1, 0.15) is 32.3 Å². The maximum atomic E-state index is 12.3. The van der Waals surface area contributed by atoms with Crippen LogP contribution in [-0.4, -0.2) is 31.4 Å². The fourth-order valence-corrected chi connectivity index (χ4v) is 2.73. The summed E-state index contributed by atoms with van der Waals surface area (Å²) in [5.74, 6) is 1.00. The van der Waals surface area contributed by atoms with Crippen molar-refractivity contribution in [3.05, 3.63) is 48.0 Å². The highest BCUT2D eigenvalue weighted by Crippen LogP contribution is 2.34. The van der Waals surface area contributed by atoms with Crippen LogP contribution in [0.15, 0.2) is 42.5 Å². The third-order valence-electron chi connectivity index (χ3n) is 4.20. The van der Waals surface area contributed by atoms with Crippen molar-refractivity contribution in [1.82, 2.24) is 0 Å². The number of fused-ring (bicyclic) bond motifs is 1. The van der Waals surface area contributed by atoms with E-state index in [1.54, 1.807) is 24.3 Å².